The number of carbonyl (C=O) groups is 1. The van der Waals surface area contributed by atoms with Crippen LogP contribution in [0.2, 0.25) is 0 Å². The molecule has 14 heavy (non-hydrogen) atoms. The van der Waals surface area contributed by atoms with E-state index in [1.54, 1.807) is 0 Å². The molecule has 84 valence electrons. The first-order valence-corrected chi connectivity index (χ1v) is 5.52. The normalized spacial score (nSPS) is 13.0. The summed E-state index contributed by atoms with van der Waals surface area (Å²) in [6, 6.07) is 0.382. The monoisotopic (exact) mass is 200 g/mol. The van der Waals surface area contributed by atoms with Crippen LogP contribution < -0.4 is 5.73 Å². The number of carbonyl (C=O) groups excluding carboxylic acids is 1. The lowest BCUT2D eigenvalue weighted by molar-refractivity contribution is -0.132. The molecule has 0 saturated carbocycles. The quantitative estimate of drug-likeness (QED) is 0.708. The summed E-state index contributed by atoms with van der Waals surface area (Å²) in [7, 11) is 1.89. The topological polar surface area (TPSA) is 46.3 Å². The van der Waals surface area contributed by atoms with Gasteiger partial charge in [0.15, 0.2) is 0 Å². The molecule has 0 bridgehead atoms. The highest BCUT2D eigenvalue weighted by Crippen LogP contribution is 2.10. The molecule has 0 aliphatic heterocycles. The van der Waals surface area contributed by atoms with Crippen LogP contribution in [-0.4, -0.2) is 30.4 Å². The van der Waals surface area contributed by atoms with E-state index in [1.807, 2.05) is 18.9 Å². The van der Waals surface area contributed by atoms with Gasteiger partial charge in [0, 0.05) is 19.5 Å². The minimum atomic E-state index is 0.219. The Labute approximate surface area is 87.6 Å². The Morgan fingerprint density at radius 2 is 1.86 bits per heavy atom. The van der Waals surface area contributed by atoms with Crippen molar-refractivity contribution in [1.29, 1.82) is 0 Å². The maximum atomic E-state index is 11.7. The Kier molecular flexibility index (Phi) is 6.54. The third-order valence-electron chi connectivity index (χ3n) is 2.81. The van der Waals surface area contributed by atoms with Crippen molar-refractivity contribution in [3.8, 4) is 0 Å². The molecule has 1 atom stereocenters. The highest BCUT2D eigenvalue weighted by Gasteiger charge is 2.17. The minimum Gasteiger partial charge on any atom is -0.343 e. The summed E-state index contributed by atoms with van der Waals surface area (Å²) in [6.45, 7) is 6.83. The molecule has 1 amide bonds. The molecule has 0 fully saturated rings. The fourth-order valence-corrected chi connectivity index (χ4v) is 1.57. The van der Waals surface area contributed by atoms with Crippen molar-refractivity contribution in [2.24, 2.45) is 11.7 Å². The predicted molar refractivity (Wildman–Crippen MR) is 60.0 cm³/mol. The van der Waals surface area contributed by atoms with E-state index in [4.69, 9.17) is 5.73 Å². The van der Waals surface area contributed by atoms with Gasteiger partial charge < -0.3 is 10.6 Å². The average molecular weight is 200 g/mol. The zero-order chi connectivity index (χ0) is 11.1. The van der Waals surface area contributed by atoms with Crippen LogP contribution in [0, 0.1) is 5.92 Å². The maximum absolute atomic E-state index is 11.7. The van der Waals surface area contributed by atoms with Gasteiger partial charge in [-0.15, -0.1) is 0 Å². The first kappa shape index (κ1) is 13.4. The largest absolute Gasteiger partial charge is 0.343 e. The van der Waals surface area contributed by atoms with Crippen LogP contribution in [0.1, 0.15) is 40.0 Å². The van der Waals surface area contributed by atoms with Crippen LogP contribution in [0.3, 0.4) is 0 Å². The molecule has 0 spiro atoms. The van der Waals surface area contributed by atoms with Crippen molar-refractivity contribution in [2.45, 2.75) is 46.1 Å². The molecule has 3 heteroatoms. The summed E-state index contributed by atoms with van der Waals surface area (Å²) in [6.07, 6.45) is 2.62. The van der Waals surface area contributed by atoms with Gasteiger partial charge in [0.25, 0.3) is 0 Å². The molecule has 0 radical (unpaired) electrons. The van der Waals surface area contributed by atoms with Gasteiger partial charge in [0.1, 0.15) is 0 Å². The lowest BCUT2D eigenvalue weighted by Gasteiger charge is -2.27. The SMILES string of the molecule is CCC(CC)N(C)C(=O)CC(C)CN. The lowest BCUT2D eigenvalue weighted by atomic mass is 10.1. The third-order valence-corrected chi connectivity index (χ3v) is 2.81. The van der Waals surface area contributed by atoms with Crippen LogP contribution in [0.25, 0.3) is 0 Å². The number of nitrogens with zero attached hydrogens (tertiary/aromatic N) is 1. The fraction of sp³-hybridized carbons (Fsp3) is 0.909. The van der Waals surface area contributed by atoms with Crippen molar-refractivity contribution in [3.05, 3.63) is 0 Å². The minimum absolute atomic E-state index is 0.219. The van der Waals surface area contributed by atoms with E-state index >= 15 is 0 Å². The summed E-state index contributed by atoms with van der Waals surface area (Å²) < 4.78 is 0. The molecule has 0 aromatic rings. The van der Waals surface area contributed by atoms with Crippen LogP contribution in [0.15, 0.2) is 0 Å². The second-order valence-electron chi connectivity index (χ2n) is 4.02. The van der Waals surface area contributed by atoms with Crippen molar-refractivity contribution in [1.82, 2.24) is 4.90 Å². The molecule has 2 N–H and O–H groups in total. The van der Waals surface area contributed by atoms with E-state index in [2.05, 4.69) is 13.8 Å². The predicted octanol–water partition coefficient (Wildman–Crippen LogP) is 1.62. The Morgan fingerprint density at radius 1 is 1.36 bits per heavy atom. The van der Waals surface area contributed by atoms with Gasteiger partial charge >= 0.3 is 0 Å². The second-order valence-corrected chi connectivity index (χ2v) is 4.02. The molecular formula is C11H24N2O. The molecule has 0 aromatic heterocycles. The third kappa shape index (κ3) is 4.09. The first-order chi connectivity index (χ1) is 6.56. The molecule has 1 unspecified atom stereocenters. The number of hydrogen-bond acceptors (Lipinski definition) is 2. The zero-order valence-corrected chi connectivity index (χ0v) is 9.92. The van der Waals surface area contributed by atoms with Gasteiger partial charge in [-0.3, -0.25) is 4.79 Å². The van der Waals surface area contributed by atoms with Gasteiger partial charge in [-0.2, -0.15) is 0 Å². The molecule has 0 saturated heterocycles. The van der Waals surface area contributed by atoms with E-state index in [-0.39, 0.29) is 5.91 Å². The standard InChI is InChI=1S/C11H24N2O/c1-5-10(6-2)13(4)11(14)7-9(3)8-12/h9-10H,5-8,12H2,1-4H3. The summed E-state index contributed by atoms with van der Waals surface area (Å²) >= 11 is 0. The number of amides is 1. The maximum Gasteiger partial charge on any atom is 0.222 e. The van der Waals surface area contributed by atoms with Crippen LogP contribution in [0.4, 0.5) is 0 Å². The van der Waals surface area contributed by atoms with Gasteiger partial charge in [0.05, 0.1) is 0 Å². The smallest absolute Gasteiger partial charge is 0.222 e. The van der Waals surface area contributed by atoms with Crippen molar-refractivity contribution >= 4 is 5.91 Å². The van der Waals surface area contributed by atoms with Crippen LogP contribution >= 0.6 is 0 Å². The molecule has 0 aliphatic rings. The van der Waals surface area contributed by atoms with E-state index in [9.17, 15) is 4.79 Å². The van der Waals surface area contributed by atoms with Crippen molar-refractivity contribution in [2.75, 3.05) is 13.6 Å². The Bertz CT molecular complexity index is 167. The molecule has 0 rings (SSSR count). The molecule has 0 aromatic carbocycles. The highest BCUT2D eigenvalue weighted by molar-refractivity contribution is 5.76. The lowest BCUT2D eigenvalue weighted by Crippen LogP contribution is -2.37. The van der Waals surface area contributed by atoms with Crippen LogP contribution in [0.5, 0.6) is 0 Å². The Balaban J connectivity index is 4.09. The summed E-state index contributed by atoms with van der Waals surface area (Å²) in [5, 5.41) is 0. The number of nitrogens with two attached hydrogens (primary N) is 1. The van der Waals surface area contributed by atoms with Gasteiger partial charge in [-0.05, 0) is 25.3 Å². The van der Waals surface area contributed by atoms with Gasteiger partial charge in [-0.25, -0.2) is 0 Å². The van der Waals surface area contributed by atoms with E-state index in [0.29, 0.717) is 24.9 Å². The van der Waals surface area contributed by atoms with Crippen molar-refractivity contribution in [3.63, 3.8) is 0 Å². The summed E-state index contributed by atoms with van der Waals surface area (Å²) in [4.78, 5) is 13.6. The number of rotatable bonds is 6. The average Bonchev–Trinajstić information content (AvgIpc) is 2.19. The summed E-state index contributed by atoms with van der Waals surface area (Å²) in [5.74, 6) is 0.510. The van der Waals surface area contributed by atoms with Gasteiger partial charge in [-0.1, -0.05) is 20.8 Å². The van der Waals surface area contributed by atoms with E-state index < -0.39 is 0 Å². The first-order valence-electron chi connectivity index (χ1n) is 5.52. The van der Waals surface area contributed by atoms with Crippen molar-refractivity contribution < 1.29 is 4.79 Å². The Hall–Kier alpha value is -0.570. The van der Waals surface area contributed by atoms with E-state index in [0.717, 1.165) is 12.8 Å². The molecule has 0 heterocycles. The van der Waals surface area contributed by atoms with Gasteiger partial charge in [0.2, 0.25) is 5.91 Å². The molecular weight excluding hydrogens is 176 g/mol. The summed E-state index contributed by atoms with van der Waals surface area (Å²) in [5.41, 5.74) is 5.49. The fourth-order valence-electron chi connectivity index (χ4n) is 1.57. The van der Waals surface area contributed by atoms with Crippen LogP contribution in [-0.2, 0) is 4.79 Å². The second kappa shape index (κ2) is 6.82. The van der Waals surface area contributed by atoms with E-state index in [1.165, 1.54) is 0 Å². The zero-order valence-electron chi connectivity index (χ0n) is 9.92. The number of hydrogen-bond donors (Lipinski definition) is 1. The highest BCUT2D eigenvalue weighted by atomic mass is 16.2. The Morgan fingerprint density at radius 3 is 2.21 bits per heavy atom. The molecule has 0 aliphatic carbocycles. The molecule has 3 nitrogen and oxygen atoms in total.